The molecule has 0 amide bonds. The minimum Gasteiger partial charge on any atom is -0.446 e. The first-order valence-corrected chi connectivity index (χ1v) is 4.76. The van der Waals surface area contributed by atoms with E-state index in [1.165, 1.54) is 6.08 Å². The van der Waals surface area contributed by atoms with E-state index >= 15 is 0 Å². The van der Waals surface area contributed by atoms with Crippen LogP contribution in [-0.2, 0) is 9.53 Å². The molecule has 0 radical (unpaired) electrons. The molecule has 76 valence electrons. The molecule has 3 heteroatoms. The summed E-state index contributed by atoms with van der Waals surface area (Å²) in [6.45, 7) is 9.88. The molecule has 0 aliphatic rings. The van der Waals surface area contributed by atoms with Crippen LogP contribution < -0.4 is 0 Å². The molecule has 0 aromatic rings. The molecule has 0 aliphatic heterocycles. The average molecular weight is 185 g/mol. The molecule has 0 atom stereocenters. The molecule has 0 bridgehead atoms. The number of ether oxygens (including phenoxy) is 1. The zero-order valence-electron chi connectivity index (χ0n) is 8.58. The summed E-state index contributed by atoms with van der Waals surface area (Å²) >= 11 is 0. The minimum atomic E-state index is -0.350. The maximum Gasteiger partial charge on any atom is 0.331 e. The fourth-order valence-corrected chi connectivity index (χ4v) is 1.09. The molecule has 3 nitrogen and oxygen atoms in total. The van der Waals surface area contributed by atoms with Gasteiger partial charge in [-0.1, -0.05) is 20.4 Å². The lowest BCUT2D eigenvalue weighted by molar-refractivity contribution is -0.142. The molecule has 0 fully saturated rings. The molecule has 0 aromatic heterocycles. The number of carbonyl (C=O) groups excluding carboxylic acids is 1. The van der Waals surface area contributed by atoms with E-state index in [9.17, 15) is 4.79 Å². The van der Waals surface area contributed by atoms with Crippen LogP contribution in [0, 0.1) is 0 Å². The van der Waals surface area contributed by atoms with Crippen LogP contribution in [0.3, 0.4) is 0 Å². The fraction of sp³-hybridized carbons (Fsp3) is 0.700. The lowest BCUT2D eigenvalue weighted by Gasteiger charge is -2.19. The summed E-state index contributed by atoms with van der Waals surface area (Å²) < 4.78 is 4.93. The molecule has 0 aromatic carbocycles. The first-order chi connectivity index (χ1) is 6.24. The standard InChI is InChI=1S/C10H19NO2/c1-4-7-11(8-5-2)9-13-10(12)6-3/h6H,3-5,7-9H2,1-2H3. The van der Waals surface area contributed by atoms with Gasteiger partial charge in [0.05, 0.1) is 0 Å². The van der Waals surface area contributed by atoms with E-state index in [1.54, 1.807) is 0 Å². The maximum absolute atomic E-state index is 10.8. The van der Waals surface area contributed by atoms with Gasteiger partial charge in [0.25, 0.3) is 0 Å². The Morgan fingerprint density at radius 1 is 1.38 bits per heavy atom. The van der Waals surface area contributed by atoms with Crippen molar-refractivity contribution in [2.75, 3.05) is 19.8 Å². The van der Waals surface area contributed by atoms with Gasteiger partial charge in [0.2, 0.25) is 0 Å². The number of nitrogens with zero attached hydrogens (tertiary/aromatic N) is 1. The van der Waals surface area contributed by atoms with Gasteiger partial charge in [-0.3, -0.25) is 4.90 Å². The molecule has 13 heavy (non-hydrogen) atoms. The van der Waals surface area contributed by atoms with Gasteiger partial charge in [0, 0.05) is 19.2 Å². The lowest BCUT2D eigenvalue weighted by atomic mass is 10.4. The summed E-state index contributed by atoms with van der Waals surface area (Å²) in [4.78, 5) is 12.9. The SMILES string of the molecule is C=CC(=O)OCN(CCC)CCC. The Kier molecular flexibility index (Phi) is 7.30. The summed E-state index contributed by atoms with van der Waals surface area (Å²) in [5, 5.41) is 0. The third kappa shape index (κ3) is 6.34. The van der Waals surface area contributed by atoms with E-state index in [-0.39, 0.29) is 5.97 Å². The molecule has 0 N–H and O–H groups in total. The first-order valence-electron chi connectivity index (χ1n) is 4.76. The molecule has 0 spiro atoms. The van der Waals surface area contributed by atoms with Crippen LogP contribution in [0.1, 0.15) is 26.7 Å². The molecular formula is C10H19NO2. The number of carbonyl (C=O) groups is 1. The second-order valence-electron chi connectivity index (χ2n) is 2.91. The second-order valence-corrected chi connectivity index (χ2v) is 2.91. The third-order valence-electron chi connectivity index (χ3n) is 1.64. The summed E-state index contributed by atoms with van der Waals surface area (Å²) in [6, 6.07) is 0. The van der Waals surface area contributed by atoms with Crippen molar-refractivity contribution in [3.8, 4) is 0 Å². The van der Waals surface area contributed by atoms with Crippen LogP contribution in [0.2, 0.25) is 0 Å². The largest absolute Gasteiger partial charge is 0.446 e. The van der Waals surface area contributed by atoms with Crippen molar-refractivity contribution < 1.29 is 9.53 Å². The Bertz CT molecular complexity index is 151. The maximum atomic E-state index is 10.8. The Balaban J connectivity index is 3.67. The van der Waals surface area contributed by atoms with E-state index in [1.807, 2.05) is 0 Å². The zero-order valence-corrected chi connectivity index (χ0v) is 8.58. The van der Waals surface area contributed by atoms with Gasteiger partial charge in [0.1, 0.15) is 6.73 Å². The van der Waals surface area contributed by atoms with E-state index in [0.717, 1.165) is 25.9 Å². The second kappa shape index (κ2) is 7.80. The van der Waals surface area contributed by atoms with Crippen LogP contribution in [0.15, 0.2) is 12.7 Å². The normalized spacial score (nSPS) is 10.1. The Morgan fingerprint density at radius 2 is 1.92 bits per heavy atom. The van der Waals surface area contributed by atoms with Crippen molar-refractivity contribution in [2.24, 2.45) is 0 Å². The first kappa shape index (κ1) is 12.2. The van der Waals surface area contributed by atoms with Crippen molar-refractivity contribution in [3.05, 3.63) is 12.7 Å². The molecule has 0 unspecified atom stereocenters. The smallest absolute Gasteiger partial charge is 0.331 e. The number of esters is 1. The molecule has 0 heterocycles. The van der Waals surface area contributed by atoms with Gasteiger partial charge in [-0.25, -0.2) is 4.79 Å². The minimum absolute atomic E-state index is 0.350. The fourth-order valence-electron chi connectivity index (χ4n) is 1.09. The van der Waals surface area contributed by atoms with E-state index in [4.69, 9.17) is 4.74 Å². The zero-order chi connectivity index (χ0) is 10.1. The molecular weight excluding hydrogens is 166 g/mol. The Labute approximate surface area is 80.4 Å². The summed E-state index contributed by atoms with van der Waals surface area (Å²) in [5.74, 6) is -0.350. The van der Waals surface area contributed by atoms with Crippen molar-refractivity contribution in [2.45, 2.75) is 26.7 Å². The predicted molar refractivity (Wildman–Crippen MR) is 53.3 cm³/mol. The van der Waals surface area contributed by atoms with Crippen LogP contribution in [0.4, 0.5) is 0 Å². The summed E-state index contributed by atoms with van der Waals surface area (Å²) in [5.41, 5.74) is 0. The lowest BCUT2D eigenvalue weighted by Crippen LogP contribution is -2.29. The van der Waals surface area contributed by atoms with E-state index < -0.39 is 0 Å². The summed E-state index contributed by atoms with van der Waals surface area (Å²) in [6.07, 6.45) is 3.34. The Morgan fingerprint density at radius 3 is 2.31 bits per heavy atom. The Hall–Kier alpha value is -0.830. The number of rotatable bonds is 7. The topological polar surface area (TPSA) is 29.5 Å². The number of hydrogen-bond donors (Lipinski definition) is 0. The van der Waals surface area contributed by atoms with Gasteiger partial charge >= 0.3 is 5.97 Å². The molecule has 0 rings (SSSR count). The van der Waals surface area contributed by atoms with E-state index in [2.05, 4.69) is 25.3 Å². The molecule has 0 saturated heterocycles. The van der Waals surface area contributed by atoms with Gasteiger partial charge in [-0.05, 0) is 12.8 Å². The van der Waals surface area contributed by atoms with Crippen LogP contribution in [0.25, 0.3) is 0 Å². The average Bonchev–Trinajstić information content (AvgIpc) is 2.14. The van der Waals surface area contributed by atoms with Gasteiger partial charge in [-0.15, -0.1) is 0 Å². The van der Waals surface area contributed by atoms with E-state index in [0.29, 0.717) is 6.73 Å². The van der Waals surface area contributed by atoms with Crippen molar-refractivity contribution in [3.63, 3.8) is 0 Å². The monoisotopic (exact) mass is 185 g/mol. The van der Waals surface area contributed by atoms with Gasteiger partial charge < -0.3 is 4.74 Å². The van der Waals surface area contributed by atoms with Crippen LogP contribution >= 0.6 is 0 Å². The molecule has 0 aliphatic carbocycles. The highest BCUT2D eigenvalue weighted by Gasteiger charge is 2.03. The van der Waals surface area contributed by atoms with Crippen molar-refractivity contribution >= 4 is 5.97 Å². The highest BCUT2D eigenvalue weighted by Crippen LogP contribution is 1.94. The van der Waals surface area contributed by atoms with Crippen LogP contribution in [-0.4, -0.2) is 30.7 Å². The third-order valence-corrected chi connectivity index (χ3v) is 1.64. The van der Waals surface area contributed by atoms with Crippen LogP contribution in [0.5, 0.6) is 0 Å². The highest BCUT2D eigenvalue weighted by molar-refractivity contribution is 5.81. The van der Waals surface area contributed by atoms with Crippen molar-refractivity contribution in [1.82, 2.24) is 4.90 Å². The quantitative estimate of drug-likeness (QED) is 0.344. The molecule has 0 saturated carbocycles. The predicted octanol–water partition coefficient (Wildman–Crippen LogP) is 1.80. The van der Waals surface area contributed by atoms with Crippen molar-refractivity contribution in [1.29, 1.82) is 0 Å². The van der Waals surface area contributed by atoms with Gasteiger partial charge in [-0.2, -0.15) is 0 Å². The highest BCUT2D eigenvalue weighted by atomic mass is 16.5. The number of hydrogen-bond acceptors (Lipinski definition) is 3. The van der Waals surface area contributed by atoms with Gasteiger partial charge in [0.15, 0.2) is 0 Å². The summed E-state index contributed by atoms with van der Waals surface area (Å²) in [7, 11) is 0.